The summed E-state index contributed by atoms with van der Waals surface area (Å²) in [6, 6.07) is 0. The van der Waals surface area contributed by atoms with Crippen LogP contribution in [0.5, 0.6) is 0 Å². The van der Waals surface area contributed by atoms with Crippen molar-refractivity contribution in [3.63, 3.8) is 0 Å². The molecule has 0 aromatic rings. The molecule has 18 heavy (non-hydrogen) atoms. The summed E-state index contributed by atoms with van der Waals surface area (Å²) < 4.78 is 61.1. The molecule has 12 heteroatoms. The molecule has 0 aromatic carbocycles. The molecule has 0 saturated heterocycles. The fourth-order valence-corrected chi connectivity index (χ4v) is 3.86. The van der Waals surface area contributed by atoms with Gasteiger partial charge in [-0.15, -0.1) is 0 Å². The van der Waals surface area contributed by atoms with E-state index < -0.39 is 18.3 Å². The van der Waals surface area contributed by atoms with Crippen molar-refractivity contribution >= 4 is 39.9 Å². The van der Waals surface area contributed by atoms with Crippen molar-refractivity contribution in [1.29, 1.82) is 0 Å². The molecule has 0 atom stereocenters. The third kappa shape index (κ3) is 23.6. The van der Waals surface area contributed by atoms with Gasteiger partial charge in [-0.1, -0.05) is 12.8 Å². The fourth-order valence-electron chi connectivity index (χ4n) is 0.880. The molecule has 98 valence electrons. The summed E-state index contributed by atoms with van der Waals surface area (Å²) in [6.07, 6.45) is 2.59. The molecule has 0 aromatic heterocycles. The molecule has 0 spiro atoms. The average molecular weight is 354 g/mol. The zero-order chi connectivity index (χ0) is 12.7. The Morgan fingerprint density at radius 2 is 0.944 bits per heavy atom. The predicted octanol–water partition coefficient (Wildman–Crippen LogP) is -5.06. The summed E-state index contributed by atoms with van der Waals surface area (Å²) in [6.45, 7) is 0. The van der Waals surface area contributed by atoms with E-state index in [1.54, 1.807) is 0 Å². The molecule has 6 nitrogen and oxygen atoms in total. The van der Waals surface area contributed by atoms with E-state index in [-0.39, 0.29) is 70.6 Å². The van der Waals surface area contributed by atoms with Gasteiger partial charge in [-0.05, 0) is 34.4 Å². The van der Waals surface area contributed by atoms with Crippen molar-refractivity contribution in [3.05, 3.63) is 0 Å². The molecule has 0 aliphatic carbocycles. The monoisotopic (exact) mass is 354 g/mol. The Morgan fingerprint density at radius 3 is 1.17 bits per heavy atom. The van der Waals surface area contributed by atoms with E-state index in [0.29, 0.717) is 47.3 Å². The Hall–Kier alpha value is 2.52. The molecule has 0 unspecified atom stereocenters. The fraction of sp³-hybridized carbons (Fsp3) is 1.00. The van der Waals surface area contributed by atoms with Gasteiger partial charge in [0.15, 0.2) is 0 Å². The number of hydrogen-bond donors (Lipinski definition) is 0. The number of hydrogen-bond acceptors (Lipinski definition) is 8. The van der Waals surface area contributed by atoms with Crippen LogP contribution in [0.15, 0.2) is 0 Å². The molecule has 0 bridgehead atoms. The maximum Gasteiger partial charge on any atom is 1.00 e. The topological polar surface area (TPSA) is 114 Å². The normalized spacial score (nSPS) is 11.4. The van der Waals surface area contributed by atoms with Gasteiger partial charge in [0.2, 0.25) is 0 Å². The van der Waals surface area contributed by atoms with Gasteiger partial charge in [0, 0.05) is 11.5 Å². The first-order valence-corrected chi connectivity index (χ1v) is 10.2. The van der Waals surface area contributed by atoms with Crippen LogP contribution in [0.1, 0.15) is 25.7 Å². The Bertz CT molecular complexity index is 343. The summed E-state index contributed by atoms with van der Waals surface area (Å²) in [5.41, 5.74) is 0. The van der Waals surface area contributed by atoms with Crippen LogP contribution < -0.4 is 59.1 Å². The van der Waals surface area contributed by atoms with Gasteiger partial charge in [-0.2, -0.15) is 0 Å². The predicted molar refractivity (Wildman–Crippen MR) is 62.8 cm³/mol. The van der Waals surface area contributed by atoms with Gasteiger partial charge in [0.1, 0.15) is 18.3 Å². The van der Waals surface area contributed by atoms with Gasteiger partial charge in [0.05, 0.1) is 0 Å². The molecule has 0 rings (SSSR count). The molecule has 0 radical (unpaired) electrons. The van der Waals surface area contributed by atoms with Crippen molar-refractivity contribution in [1.82, 2.24) is 0 Å². The second-order valence-electron chi connectivity index (χ2n) is 2.87. The zero-order valence-electron chi connectivity index (χ0n) is 10.3. The largest absolute Gasteiger partial charge is 1.00 e. The van der Waals surface area contributed by atoms with Gasteiger partial charge < -0.3 is 9.11 Å². The quantitative estimate of drug-likeness (QED) is 0.175. The Morgan fingerprint density at radius 1 is 0.667 bits per heavy atom. The first kappa shape index (κ1) is 25.5. The molecular formula is C6H12Na2O6S4. The SMILES string of the molecule is O=S(=O)([O-])SCCCCCCSS(=O)(=O)[O-].[Na+].[Na+]. The van der Waals surface area contributed by atoms with Gasteiger partial charge >= 0.3 is 59.1 Å². The van der Waals surface area contributed by atoms with E-state index in [0.717, 1.165) is 0 Å². The van der Waals surface area contributed by atoms with Crippen LogP contribution in [0.2, 0.25) is 0 Å². The number of unbranched alkanes of at least 4 members (excludes halogenated alkanes) is 3. The molecule has 0 amide bonds. The van der Waals surface area contributed by atoms with E-state index in [1.165, 1.54) is 0 Å². The summed E-state index contributed by atoms with van der Waals surface area (Å²) >= 11 is 0. The third-order valence-corrected chi connectivity index (χ3v) is 5.71. The van der Waals surface area contributed by atoms with Crippen molar-refractivity contribution in [3.8, 4) is 0 Å². The van der Waals surface area contributed by atoms with E-state index in [2.05, 4.69) is 0 Å². The summed E-state index contributed by atoms with van der Waals surface area (Å²) in [7, 11) is -7.66. The Kier molecular flexibility index (Phi) is 18.7. The molecule has 0 aliphatic rings. The van der Waals surface area contributed by atoms with Crippen molar-refractivity contribution < 1.29 is 85.1 Å². The number of rotatable bonds is 9. The smallest absolute Gasteiger partial charge is 0.739 e. The van der Waals surface area contributed by atoms with E-state index in [4.69, 9.17) is 0 Å². The van der Waals surface area contributed by atoms with Crippen molar-refractivity contribution in [2.45, 2.75) is 25.7 Å². The van der Waals surface area contributed by atoms with Gasteiger partial charge in [-0.25, -0.2) is 16.8 Å². The Balaban J connectivity index is -0.00000112. The summed E-state index contributed by atoms with van der Waals surface area (Å²) in [5.74, 6) is 0.498. The van der Waals surface area contributed by atoms with Crippen LogP contribution in [0.25, 0.3) is 0 Å². The molecule has 0 N–H and O–H groups in total. The second-order valence-corrected chi connectivity index (χ2v) is 9.66. The van der Waals surface area contributed by atoms with E-state index in [1.807, 2.05) is 0 Å². The van der Waals surface area contributed by atoms with Crippen molar-refractivity contribution in [2.24, 2.45) is 0 Å². The molecule has 0 saturated carbocycles. The summed E-state index contributed by atoms with van der Waals surface area (Å²) in [4.78, 5) is 0. The van der Waals surface area contributed by atoms with Crippen molar-refractivity contribution in [2.75, 3.05) is 11.5 Å². The maximum atomic E-state index is 10.2. The Labute approximate surface area is 160 Å². The molecule has 0 fully saturated rings. The zero-order valence-corrected chi connectivity index (χ0v) is 17.6. The molecular weight excluding hydrogens is 342 g/mol. The second kappa shape index (κ2) is 13.2. The van der Waals surface area contributed by atoms with Crippen LogP contribution in [0.4, 0.5) is 0 Å². The molecule has 0 aliphatic heterocycles. The molecule has 0 heterocycles. The van der Waals surface area contributed by atoms with Crippen LogP contribution in [-0.2, 0) is 18.3 Å². The third-order valence-electron chi connectivity index (χ3n) is 1.49. The minimum Gasteiger partial charge on any atom is -0.739 e. The summed E-state index contributed by atoms with van der Waals surface area (Å²) in [5, 5.41) is 0. The minimum atomic E-state index is -4.20. The standard InChI is InChI=1S/C6H14O6S4.2Na/c7-15(8,9)13-5-3-1-2-4-6-14-16(10,11)12;;/h1-6H2,(H,7,8,9)(H,10,11,12);;/q;2*+1/p-2. The van der Waals surface area contributed by atoms with E-state index in [9.17, 15) is 25.9 Å². The van der Waals surface area contributed by atoms with E-state index >= 15 is 0 Å². The first-order valence-electron chi connectivity index (χ1n) is 4.41. The van der Waals surface area contributed by atoms with Gasteiger partial charge in [-0.3, -0.25) is 0 Å². The van der Waals surface area contributed by atoms with Crippen LogP contribution >= 0.6 is 21.6 Å². The van der Waals surface area contributed by atoms with Crippen LogP contribution in [0.3, 0.4) is 0 Å². The maximum absolute atomic E-state index is 10.2. The van der Waals surface area contributed by atoms with Gasteiger partial charge in [0.25, 0.3) is 0 Å². The van der Waals surface area contributed by atoms with Crippen LogP contribution in [-0.4, -0.2) is 37.4 Å². The first-order chi connectivity index (χ1) is 7.21. The van der Waals surface area contributed by atoms with Crippen LogP contribution in [0, 0.1) is 0 Å². The average Bonchev–Trinajstić information content (AvgIpc) is 2.06. The minimum absolute atomic E-state index is 0.